The third-order valence-electron chi connectivity index (χ3n) is 7.35. The highest BCUT2D eigenvalue weighted by molar-refractivity contribution is 5.80. The molecule has 0 radical (unpaired) electrons. The average Bonchev–Trinajstić information content (AvgIpc) is 2.76. The second-order valence-corrected chi connectivity index (χ2v) is 8.77. The first-order valence-electron chi connectivity index (χ1n) is 9.31. The average molecular weight is 288 g/mol. The summed E-state index contributed by atoms with van der Waals surface area (Å²) in [6.45, 7) is 0. The van der Waals surface area contributed by atoms with Crippen LogP contribution in [0.15, 0.2) is 0 Å². The molecule has 6 bridgehead atoms. The van der Waals surface area contributed by atoms with Crippen LogP contribution < -0.4 is 10.6 Å². The van der Waals surface area contributed by atoms with E-state index >= 15 is 0 Å². The van der Waals surface area contributed by atoms with Crippen molar-refractivity contribution in [3.63, 3.8) is 0 Å². The molecule has 2 aliphatic heterocycles. The lowest BCUT2D eigenvalue weighted by Crippen LogP contribution is -2.54. The number of hydrogen-bond donors (Lipinski definition) is 2. The molecule has 0 aromatic rings. The Morgan fingerprint density at radius 1 is 0.810 bits per heavy atom. The molecular weight excluding hydrogens is 260 g/mol. The number of hydrogen-bond acceptors (Lipinski definition) is 2. The van der Waals surface area contributed by atoms with Crippen LogP contribution >= 0.6 is 0 Å². The fraction of sp³-hybridized carbons (Fsp3) is 0.944. The summed E-state index contributed by atoms with van der Waals surface area (Å²) in [5, 5.41) is 7.14. The zero-order valence-electron chi connectivity index (χ0n) is 12.9. The predicted octanol–water partition coefficient (Wildman–Crippen LogP) is 2.46. The Labute approximate surface area is 127 Å². The minimum Gasteiger partial charge on any atom is -0.353 e. The summed E-state index contributed by atoms with van der Waals surface area (Å²) < 4.78 is 0. The van der Waals surface area contributed by atoms with Crippen LogP contribution in [0.3, 0.4) is 0 Å². The molecular formula is C18H28N2O. The van der Waals surface area contributed by atoms with Crippen molar-refractivity contribution < 1.29 is 4.79 Å². The van der Waals surface area contributed by atoms with E-state index in [0.29, 0.717) is 30.0 Å². The molecule has 0 aromatic heterocycles. The summed E-state index contributed by atoms with van der Waals surface area (Å²) >= 11 is 0. The van der Waals surface area contributed by atoms with E-state index in [0.717, 1.165) is 36.5 Å². The van der Waals surface area contributed by atoms with E-state index in [1.807, 2.05) is 0 Å². The summed E-state index contributed by atoms with van der Waals surface area (Å²) in [6.07, 6.45) is 11.8. The number of piperidine rings is 1. The largest absolute Gasteiger partial charge is 0.353 e. The van der Waals surface area contributed by atoms with Crippen molar-refractivity contribution in [3.8, 4) is 0 Å². The third-order valence-corrected chi connectivity index (χ3v) is 7.35. The van der Waals surface area contributed by atoms with Gasteiger partial charge in [-0.15, -0.1) is 0 Å². The number of rotatable bonds is 2. The summed E-state index contributed by atoms with van der Waals surface area (Å²) in [6, 6.07) is 1.80. The number of amides is 1. The third kappa shape index (κ3) is 2.15. The summed E-state index contributed by atoms with van der Waals surface area (Å²) in [7, 11) is 0. The van der Waals surface area contributed by atoms with Gasteiger partial charge in [-0.2, -0.15) is 0 Å². The maximum Gasteiger partial charge on any atom is 0.223 e. The fourth-order valence-electron chi connectivity index (χ4n) is 6.83. The summed E-state index contributed by atoms with van der Waals surface area (Å²) in [5.41, 5.74) is 0. The minimum absolute atomic E-state index is 0.366. The lowest BCUT2D eigenvalue weighted by molar-refractivity contribution is -0.139. The first-order chi connectivity index (χ1) is 10.2. The van der Waals surface area contributed by atoms with Gasteiger partial charge < -0.3 is 10.6 Å². The maximum atomic E-state index is 12.9. The molecule has 116 valence electrons. The molecule has 3 heteroatoms. The SMILES string of the molecule is O=C(NC1CC2CCC(C1)N2)C1C2CC3CC(C2)CC1C3. The molecule has 4 saturated carbocycles. The molecule has 21 heavy (non-hydrogen) atoms. The van der Waals surface area contributed by atoms with Crippen LogP contribution in [-0.4, -0.2) is 24.0 Å². The van der Waals surface area contributed by atoms with E-state index in [1.165, 1.54) is 44.9 Å². The maximum absolute atomic E-state index is 12.9. The highest BCUT2D eigenvalue weighted by Crippen LogP contribution is 2.56. The quantitative estimate of drug-likeness (QED) is 0.819. The molecule has 4 aliphatic carbocycles. The van der Waals surface area contributed by atoms with Crippen LogP contribution in [0.5, 0.6) is 0 Å². The molecule has 2 atom stereocenters. The van der Waals surface area contributed by atoms with E-state index in [2.05, 4.69) is 10.6 Å². The Hall–Kier alpha value is -0.570. The Morgan fingerprint density at radius 3 is 1.95 bits per heavy atom. The van der Waals surface area contributed by atoms with Crippen molar-refractivity contribution in [1.82, 2.24) is 10.6 Å². The standard InChI is InChI=1S/C18H28N2O/c21-18(20-16-8-14-1-2-15(9-16)19-14)17-12-4-10-3-11(6-12)7-13(17)5-10/h10-17,19H,1-9H2,(H,20,21). The molecule has 2 N–H and O–H groups in total. The first-order valence-corrected chi connectivity index (χ1v) is 9.31. The normalized spacial score (nSPS) is 53.9. The van der Waals surface area contributed by atoms with E-state index in [-0.39, 0.29) is 0 Å². The lowest BCUT2D eigenvalue weighted by Gasteiger charge is -2.53. The van der Waals surface area contributed by atoms with E-state index < -0.39 is 0 Å². The Morgan fingerprint density at radius 2 is 1.38 bits per heavy atom. The molecule has 1 amide bonds. The van der Waals surface area contributed by atoms with Crippen molar-refractivity contribution in [2.24, 2.45) is 29.6 Å². The van der Waals surface area contributed by atoms with Gasteiger partial charge in [0.1, 0.15) is 0 Å². The molecule has 2 saturated heterocycles. The van der Waals surface area contributed by atoms with Gasteiger partial charge in [0, 0.05) is 24.0 Å². The van der Waals surface area contributed by atoms with Gasteiger partial charge in [0.2, 0.25) is 5.91 Å². The number of fused-ring (bicyclic) bond motifs is 2. The van der Waals surface area contributed by atoms with Crippen LogP contribution in [-0.2, 0) is 4.79 Å². The second-order valence-electron chi connectivity index (χ2n) is 8.77. The van der Waals surface area contributed by atoms with Crippen molar-refractivity contribution in [3.05, 3.63) is 0 Å². The highest BCUT2D eigenvalue weighted by Gasteiger charge is 2.51. The Bertz CT molecular complexity index is 408. The van der Waals surface area contributed by atoms with Crippen LogP contribution in [0.25, 0.3) is 0 Å². The van der Waals surface area contributed by atoms with Crippen LogP contribution in [0, 0.1) is 29.6 Å². The number of carbonyl (C=O) groups is 1. The predicted molar refractivity (Wildman–Crippen MR) is 81.6 cm³/mol. The van der Waals surface area contributed by atoms with Gasteiger partial charge in [0.05, 0.1) is 0 Å². The summed E-state index contributed by atoms with van der Waals surface area (Å²) in [5.74, 6) is 4.16. The lowest BCUT2D eigenvalue weighted by atomic mass is 9.51. The van der Waals surface area contributed by atoms with Crippen LogP contribution in [0.2, 0.25) is 0 Å². The Kier molecular flexibility index (Phi) is 2.90. The van der Waals surface area contributed by atoms with Gasteiger partial charge in [-0.25, -0.2) is 0 Å². The van der Waals surface area contributed by atoms with Gasteiger partial charge in [-0.3, -0.25) is 4.79 Å². The fourth-order valence-corrected chi connectivity index (χ4v) is 6.83. The van der Waals surface area contributed by atoms with Crippen LogP contribution in [0.4, 0.5) is 0 Å². The van der Waals surface area contributed by atoms with E-state index in [4.69, 9.17) is 0 Å². The van der Waals surface area contributed by atoms with Gasteiger partial charge >= 0.3 is 0 Å². The first kappa shape index (κ1) is 12.9. The van der Waals surface area contributed by atoms with Gasteiger partial charge in [-0.05, 0) is 81.5 Å². The summed E-state index contributed by atoms with van der Waals surface area (Å²) in [4.78, 5) is 12.9. The Balaban J connectivity index is 1.27. The molecule has 0 aromatic carbocycles. The number of carbonyl (C=O) groups excluding carboxylic acids is 1. The molecule has 2 unspecified atom stereocenters. The van der Waals surface area contributed by atoms with Gasteiger partial charge in [-0.1, -0.05) is 0 Å². The zero-order chi connectivity index (χ0) is 14.0. The monoisotopic (exact) mass is 288 g/mol. The van der Waals surface area contributed by atoms with Crippen LogP contribution in [0.1, 0.15) is 57.8 Å². The molecule has 6 fully saturated rings. The highest BCUT2D eigenvalue weighted by atomic mass is 16.2. The van der Waals surface area contributed by atoms with Crippen molar-refractivity contribution in [1.29, 1.82) is 0 Å². The topological polar surface area (TPSA) is 41.1 Å². The van der Waals surface area contributed by atoms with E-state index in [9.17, 15) is 4.79 Å². The van der Waals surface area contributed by atoms with E-state index in [1.54, 1.807) is 0 Å². The second kappa shape index (κ2) is 4.71. The minimum atomic E-state index is 0.366. The van der Waals surface area contributed by atoms with Crippen molar-refractivity contribution in [2.75, 3.05) is 0 Å². The van der Waals surface area contributed by atoms with Crippen molar-refractivity contribution in [2.45, 2.75) is 75.9 Å². The van der Waals surface area contributed by atoms with Crippen molar-refractivity contribution >= 4 is 5.91 Å². The molecule has 6 rings (SSSR count). The number of nitrogens with one attached hydrogen (secondary N) is 2. The smallest absolute Gasteiger partial charge is 0.223 e. The van der Waals surface area contributed by atoms with Gasteiger partial charge in [0.25, 0.3) is 0 Å². The molecule has 2 heterocycles. The zero-order valence-corrected chi connectivity index (χ0v) is 12.9. The molecule has 3 nitrogen and oxygen atoms in total. The van der Waals surface area contributed by atoms with Gasteiger partial charge in [0.15, 0.2) is 0 Å². The molecule has 0 spiro atoms. The molecule has 6 aliphatic rings.